The summed E-state index contributed by atoms with van der Waals surface area (Å²) in [4.78, 5) is 18.0. The lowest BCUT2D eigenvalue weighted by atomic mass is 10.1. The van der Waals surface area contributed by atoms with Crippen molar-refractivity contribution in [1.82, 2.24) is 10.2 Å². The van der Waals surface area contributed by atoms with E-state index in [1.165, 1.54) is 0 Å². The monoisotopic (exact) mass is 494 g/mol. The summed E-state index contributed by atoms with van der Waals surface area (Å²) in [5, 5.41) is 3.31. The van der Waals surface area contributed by atoms with Gasteiger partial charge in [0, 0.05) is 40.0 Å². The van der Waals surface area contributed by atoms with Gasteiger partial charge in [-0.1, -0.05) is 0 Å². The zero-order valence-electron chi connectivity index (χ0n) is 16.1. The van der Waals surface area contributed by atoms with Gasteiger partial charge >= 0.3 is 0 Å². The highest BCUT2D eigenvalue weighted by Gasteiger charge is 2.22. The number of methoxy groups -OCH3 is 1. The summed E-state index contributed by atoms with van der Waals surface area (Å²) < 4.78 is 16.3. The van der Waals surface area contributed by atoms with Gasteiger partial charge in [-0.3, -0.25) is 4.79 Å². The third-order valence-corrected chi connectivity index (χ3v) is 4.21. The smallest absolute Gasteiger partial charge is 0.284 e. The average molecular weight is 494 g/mol. The molecule has 2 heterocycles. The quantitative estimate of drug-likeness (QED) is 0.236. The van der Waals surface area contributed by atoms with Crippen molar-refractivity contribution in [2.75, 3.05) is 40.0 Å². The molecule has 8 nitrogen and oxygen atoms in total. The Labute approximate surface area is 177 Å². The number of rotatable bonds is 9. The van der Waals surface area contributed by atoms with Crippen LogP contribution in [0.4, 0.5) is 0 Å². The third-order valence-electron chi connectivity index (χ3n) is 4.21. The third kappa shape index (κ3) is 8.06. The van der Waals surface area contributed by atoms with Gasteiger partial charge in [-0.15, -0.1) is 24.0 Å². The van der Waals surface area contributed by atoms with E-state index in [9.17, 15) is 4.79 Å². The van der Waals surface area contributed by atoms with Crippen molar-refractivity contribution < 1.29 is 18.7 Å². The van der Waals surface area contributed by atoms with Crippen molar-refractivity contribution in [3.05, 3.63) is 23.7 Å². The molecule has 1 aliphatic rings. The molecule has 0 unspecified atom stereocenters. The highest BCUT2D eigenvalue weighted by Crippen LogP contribution is 2.15. The molecule has 3 N–H and O–H groups in total. The molecular weight excluding hydrogens is 463 g/mol. The average Bonchev–Trinajstić information content (AvgIpc) is 3.12. The van der Waals surface area contributed by atoms with E-state index in [-0.39, 0.29) is 29.7 Å². The van der Waals surface area contributed by atoms with Crippen LogP contribution in [0.1, 0.15) is 42.5 Å². The molecule has 0 saturated carbocycles. The van der Waals surface area contributed by atoms with Crippen LogP contribution in [0.3, 0.4) is 0 Å². The Morgan fingerprint density at radius 2 is 2.11 bits per heavy atom. The first-order valence-corrected chi connectivity index (χ1v) is 9.16. The summed E-state index contributed by atoms with van der Waals surface area (Å²) in [5.41, 5.74) is 5.20. The van der Waals surface area contributed by atoms with Gasteiger partial charge in [0.05, 0.1) is 6.10 Å². The first kappa shape index (κ1) is 23.7. The number of halogens is 1. The van der Waals surface area contributed by atoms with Crippen LogP contribution in [-0.4, -0.2) is 62.8 Å². The number of aliphatic imine (C=N–C) groups is 1. The molecule has 9 heteroatoms. The number of likely N-dealkylation sites (tertiary alicyclic amines) is 1. The maximum atomic E-state index is 11.1. The molecule has 27 heavy (non-hydrogen) atoms. The summed E-state index contributed by atoms with van der Waals surface area (Å²) in [7, 11) is 1.71. The number of amides is 1. The molecule has 0 aromatic carbocycles. The molecule has 1 aromatic rings. The summed E-state index contributed by atoms with van der Waals surface area (Å²) in [6.45, 7) is 6.46. The standard InChI is InChI=1S/C18H30N4O4.HI/c1-3-20-18(21-13-15-5-6-16(26-15)17(19)23)22-9-7-14(8-10-22)25-12-4-11-24-2;/h5-6,14H,3-4,7-13H2,1-2H3,(H2,19,23)(H,20,21);1H. The minimum absolute atomic E-state index is 0. The number of nitrogens with two attached hydrogens (primary N) is 1. The molecule has 2 rings (SSSR count). The van der Waals surface area contributed by atoms with E-state index in [0.717, 1.165) is 58.1 Å². The molecule has 0 aliphatic carbocycles. The second kappa shape index (κ2) is 12.9. The largest absolute Gasteiger partial charge is 0.454 e. The van der Waals surface area contributed by atoms with Crippen LogP contribution in [0.25, 0.3) is 0 Å². The van der Waals surface area contributed by atoms with Crippen LogP contribution in [-0.2, 0) is 16.0 Å². The molecule has 0 atom stereocenters. The van der Waals surface area contributed by atoms with Gasteiger partial charge in [0.1, 0.15) is 12.3 Å². The molecule has 1 aliphatic heterocycles. The molecule has 1 aromatic heterocycles. The Kier molecular flexibility index (Phi) is 11.4. The van der Waals surface area contributed by atoms with E-state index in [1.54, 1.807) is 19.2 Å². The van der Waals surface area contributed by atoms with Crippen LogP contribution in [0.15, 0.2) is 21.5 Å². The Morgan fingerprint density at radius 1 is 1.37 bits per heavy atom. The van der Waals surface area contributed by atoms with Crippen LogP contribution in [0, 0.1) is 0 Å². The second-order valence-corrected chi connectivity index (χ2v) is 6.20. The zero-order valence-corrected chi connectivity index (χ0v) is 18.4. The summed E-state index contributed by atoms with van der Waals surface area (Å²) in [6.07, 6.45) is 3.18. The molecule has 1 saturated heterocycles. The normalized spacial score (nSPS) is 15.5. The van der Waals surface area contributed by atoms with Crippen molar-refractivity contribution in [3.63, 3.8) is 0 Å². The van der Waals surface area contributed by atoms with Gasteiger partial charge in [-0.25, -0.2) is 4.99 Å². The summed E-state index contributed by atoms with van der Waals surface area (Å²) >= 11 is 0. The lowest BCUT2D eigenvalue weighted by Gasteiger charge is -2.34. The Bertz CT molecular complexity index is 586. The van der Waals surface area contributed by atoms with Crippen molar-refractivity contribution in [2.24, 2.45) is 10.7 Å². The van der Waals surface area contributed by atoms with Crippen LogP contribution >= 0.6 is 24.0 Å². The van der Waals surface area contributed by atoms with Gasteiger partial charge in [0.15, 0.2) is 11.7 Å². The van der Waals surface area contributed by atoms with Crippen molar-refractivity contribution >= 4 is 35.8 Å². The highest BCUT2D eigenvalue weighted by molar-refractivity contribution is 14.0. The SMILES string of the molecule is CCNC(=NCc1ccc(C(N)=O)o1)N1CCC(OCCCOC)CC1.I. The lowest BCUT2D eigenvalue weighted by Crippen LogP contribution is -2.47. The Balaban J connectivity index is 0.00000364. The summed E-state index contributed by atoms with van der Waals surface area (Å²) in [6, 6.07) is 3.31. The maximum absolute atomic E-state index is 11.1. The number of piperidine rings is 1. The molecule has 154 valence electrons. The van der Waals surface area contributed by atoms with Crippen LogP contribution in [0.2, 0.25) is 0 Å². The number of nitrogens with zero attached hydrogens (tertiary/aromatic N) is 2. The molecule has 1 amide bonds. The van der Waals surface area contributed by atoms with E-state index < -0.39 is 5.91 Å². The van der Waals surface area contributed by atoms with Crippen LogP contribution in [0.5, 0.6) is 0 Å². The number of ether oxygens (including phenoxy) is 2. The number of primary amides is 1. The number of hydrogen-bond acceptors (Lipinski definition) is 5. The lowest BCUT2D eigenvalue weighted by molar-refractivity contribution is 0.00989. The first-order chi connectivity index (χ1) is 12.6. The Hall–Kier alpha value is -1.33. The van der Waals surface area contributed by atoms with E-state index >= 15 is 0 Å². The number of nitrogens with one attached hydrogen (secondary N) is 1. The van der Waals surface area contributed by atoms with Crippen molar-refractivity contribution in [1.29, 1.82) is 0 Å². The highest BCUT2D eigenvalue weighted by atomic mass is 127. The van der Waals surface area contributed by atoms with Crippen LogP contribution < -0.4 is 11.1 Å². The van der Waals surface area contributed by atoms with Gasteiger partial charge in [0.2, 0.25) is 0 Å². The second-order valence-electron chi connectivity index (χ2n) is 6.20. The molecular formula is C18H31IN4O4. The number of guanidine groups is 1. The summed E-state index contributed by atoms with van der Waals surface area (Å²) in [5.74, 6) is 1.05. The van der Waals surface area contributed by atoms with Gasteiger partial charge in [-0.2, -0.15) is 0 Å². The number of carbonyl (C=O) groups excluding carboxylic acids is 1. The zero-order chi connectivity index (χ0) is 18.8. The first-order valence-electron chi connectivity index (χ1n) is 9.16. The fourth-order valence-electron chi connectivity index (χ4n) is 2.86. The molecule has 0 bridgehead atoms. The van der Waals surface area contributed by atoms with Crippen molar-refractivity contribution in [3.8, 4) is 0 Å². The minimum Gasteiger partial charge on any atom is -0.454 e. The molecule has 0 spiro atoms. The number of furan rings is 1. The minimum atomic E-state index is -0.570. The van der Waals surface area contributed by atoms with E-state index in [2.05, 4.69) is 15.2 Å². The topological polar surface area (TPSA) is 102 Å². The predicted molar refractivity (Wildman–Crippen MR) is 114 cm³/mol. The van der Waals surface area contributed by atoms with Gasteiger partial charge in [0.25, 0.3) is 5.91 Å². The predicted octanol–water partition coefficient (Wildman–Crippen LogP) is 1.98. The van der Waals surface area contributed by atoms with E-state index in [0.29, 0.717) is 18.4 Å². The van der Waals surface area contributed by atoms with Gasteiger partial charge < -0.3 is 29.8 Å². The fourth-order valence-corrected chi connectivity index (χ4v) is 2.86. The molecule has 0 radical (unpaired) electrons. The van der Waals surface area contributed by atoms with E-state index in [4.69, 9.17) is 19.6 Å². The number of hydrogen-bond donors (Lipinski definition) is 2. The number of carbonyl (C=O) groups is 1. The van der Waals surface area contributed by atoms with Crippen molar-refractivity contribution in [2.45, 2.75) is 38.8 Å². The maximum Gasteiger partial charge on any atom is 0.284 e. The fraction of sp³-hybridized carbons (Fsp3) is 0.667. The van der Waals surface area contributed by atoms with E-state index in [1.807, 2.05) is 6.92 Å². The Morgan fingerprint density at radius 3 is 2.70 bits per heavy atom. The van der Waals surface area contributed by atoms with Gasteiger partial charge in [-0.05, 0) is 38.3 Å². The molecule has 1 fully saturated rings.